The van der Waals surface area contributed by atoms with Gasteiger partial charge >= 0.3 is 0 Å². The van der Waals surface area contributed by atoms with Gasteiger partial charge in [-0.25, -0.2) is 0 Å². The molecule has 0 atom stereocenters. The van der Waals surface area contributed by atoms with Crippen LogP contribution in [0.2, 0.25) is 0 Å². The molecular formula is C15H23N3O2S. The molecule has 0 aliphatic rings. The third kappa shape index (κ3) is 7.17. The number of amides is 1. The third-order valence-electron chi connectivity index (χ3n) is 3.00. The van der Waals surface area contributed by atoms with Crippen molar-refractivity contribution in [2.75, 3.05) is 38.7 Å². The Hall–Kier alpha value is -1.50. The molecule has 0 spiro atoms. The van der Waals surface area contributed by atoms with Crippen molar-refractivity contribution in [1.29, 1.82) is 0 Å². The van der Waals surface area contributed by atoms with E-state index in [0.717, 1.165) is 24.4 Å². The molecule has 0 saturated heterocycles. The van der Waals surface area contributed by atoms with E-state index >= 15 is 0 Å². The Balaban J connectivity index is 2.31. The zero-order chi connectivity index (χ0) is 15.7. The summed E-state index contributed by atoms with van der Waals surface area (Å²) in [6.07, 6.45) is 0.444. The van der Waals surface area contributed by atoms with Crippen LogP contribution in [0, 0.1) is 0 Å². The maximum Gasteiger partial charge on any atom is 0.225 e. The number of benzene rings is 1. The fraction of sp³-hybridized carbons (Fsp3) is 0.467. The van der Waals surface area contributed by atoms with Crippen molar-refractivity contribution in [2.24, 2.45) is 5.73 Å². The summed E-state index contributed by atoms with van der Waals surface area (Å²) in [4.78, 5) is 14.3. The van der Waals surface area contributed by atoms with Gasteiger partial charge in [0.1, 0.15) is 4.99 Å². The van der Waals surface area contributed by atoms with Gasteiger partial charge in [-0.05, 0) is 38.2 Å². The molecule has 0 aliphatic carbocycles. The molecule has 0 saturated carbocycles. The predicted molar refractivity (Wildman–Crippen MR) is 89.6 cm³/mol. The summed E-state index contributed by atoms with van der Waals surface area (Å²) in [6.45, 7) is 4.90. The fourth-order valence-corrected chi connectivity index (χ4v) is 1.85. The molecule has 0 unspecified atom stereocenters. The van der Waals surface area contributed by atoms with Gasteiger partial charge in [-0.3, -0.25) is 4.79 Å². The standard InChI is InChI=1S/C15H23N3O2S/c1-3-20-11-10-18(2)9-8-14(19)17-13-6-4-12(5-7-13)15(16)21/h4-7H,3,8-11H2,1-2H3,(H2,16,21)(H,17,19). The first-order valence-corrected chi connectivity index (χ1v) is 7.39. The van der Waals surface area contributed by atoms with Crippen molar-refractivity contribution in [3.05, 3.63) is 29.8 Å². The molecule has 5 nitrogen and oxygen atoms in total. The Morgan fingerprint density at radius 3 is 2.57 bits per heavy atom. The van der Waals surface area contributed by atoms with Crippen molar-refractivity contribution in [1.82, 2.24) is 4.90 Å². The highest BCUT2D eigenvalue weighted by Crippen LogP contribution is 2.09. The first-order chi connectivity index (χ1) is 10.0. The van der Waals surface area contributed by atoms with Crippen molar-refractivity contribution in [3.63, 3.8) is 0 Å². The molecule has 0 fully saturated rings. The van der Waals surface area contributed by atoms with Gasteiger partial charge in [0.05, 0.1) is 6.61 Å². The highest BCUT2D eigenvalue weighted by Gasteiger charge is 2.05. The van der Waals surface area contributed by atoms with E-state index in [1.54, 1.807) is 24.3 Å². The number of thiocarbonyl (C=S) groups is 1. The van der Waals surface area contributed by atoms with Crippen LogP contribution in [-0.2, 0) is 9.53 Å². The van der Waals surface area contributed by atoms with Gasteiger partial charge in [0.25, 0.3) is 0 Å². The third-order valence-corrected chi connectivity index (χ3v) is 3.23. The van der Waals surface area contributed by atoms with Crippen molar-refractivity contribution in [2.45, 2.75) is 13.3 Å². The zero-order valence-electron chi connectivity index (χ0n) is 12.6. The minimum absolute atomic E-state index is 0.0127. The zero-order valence-corrected chi connectivity index (χ0v) is 13.4. The summed E-state index contributed by atoms with van der Waals surface area (Å²) in [5.41, 5.74) is 7.06. The largest absolute Gasteiger partial charge is 0.389 e. The van der Waals surface area contributed by atoms with Crippen molar-refractivity contribution < 1.29 is 9.53 Å². The Kier molecular flexibility index (Phi) is 7.89. The number of nitrogens with two attached hydrogens (primary N) is 1. The molecule has 0 radical (unpaired) electrons. The second-order valence-electron chi connectivity index (χ2n) is 4.74. The average molecular weight is 309 g/mol. The number of hydrogen-bond acceptors (Lipinski definition) is 4. The minimum atomic E-state index is -0.0127. The van der Waals surface area contributed by atoms with Gasteiger partial charge in [-0.2, -0.15) is 0 Å². The van der Waals surface area contributed by atoms with Crippen LogP contribution in [0.25, 0.3) is 0 Å². The van der Waals surface area contributed by atoms with Crippen LogP contribution >= 0.6 is 12.2 Å². The van der Waals surface area contributed by atoms with Gasteiger partial charge < -0.3 is 20.7 Å². The lowest BCUT2D eigenvalue weighted by molar-refractivity contribution is -0.116. The molecule has 0 aliphatic heterocycles. The van der Waals surface area contributed by atoms with Crippen LogP contribution in [0.15, 0.2) is 24.3 Å². The summed E-state index contributed by atoms with van der Waals surface area (Å²) in [5.74, 6) is -0.0127. The van der Waals surface area contributed by atoms with E-state index in [0.29, 0.717) is 24.6 Å². The molecule has 1 aromatic carbocycles. The first-order valence-electron chi connectivity index (χ1n) is 6.99. The molecule has 3 N–H and O–H groups in total. The second-order valence-corrected chi connectivity index (χ2v) is 5.18. The minimum Gasteiger partial charge on any atom is -0.389 e. The van der Waals surface area contributed by atoms with Gasteiger partial charge in [-0.1, -0.05) is 12.2 Å². The molecule has 0 bridgehead atoms. The van der Waals surface area contributed by atoms with E-state index in [1.807, 2.05) is 14.0 Å². The van der Waals surface area contributed by atoms with Crippen LogP contribution in [0.1, 0.15) is 18.9 Å². The maximum absolute atomic E-state index is 11.8. The van der Waals surface area contributed by atoms with Gasteiger partial charge in [0, 0.05) is 37.4 Å². The molecular weight excluding hydrogens is 286 g/mol. The van der Waals surface area contributed by atoms with Gasteiger partial charge in [-0.15, -0.1) is 0 Å². The fourth-order valence-electron chi connectivity index (χ4n) is 1.71. The van der Waals surface area contributed by atoms with Gasteiger partial charge in [0.2, 0.25) is 5.91 Å². The summed E-state index contributed by atoms with van der Waals surface area (Å²) < 4.78 is 5.27. The quantitative estimate of drug-likeness (QED) is 0.536. The number of carbonyl (C=O) groups is 1. The Morgan fingerprint density at radius 2 is 2.00 bits per heavy atom. The SMILES string of the molecule is CCOCCN(C)CCC(=O)Nc1ccc(C(N)=S)cc1. The van der Waals surface area contributed by atoms with Crippen molar-refractivity contribution in [3.8, 4) is 0 Å². The van der Waals surface area contributed by atoms with E-state index in [9.17, 15) is 4.79 Å². The van der Waals surface area contributed by atoms with E-state index < -0.39 is 0 Å². The van der Waals surface area contributed by atoms with Crippen LogP contribution in [0.4, 0.5) is 5.69 Å². The lowest BCUT2D eigenvalue weighted by Crippen LogP contribution is -2.27. The molecule has 0 heterocycles. The molecule has 116 valence electrons. The van der Waals surface area contributed by atoms with Crippen LogP contribution in [0.3, 0.4) is 0 Å². The number of nitrogens with one attached hydrogen (secondary N) is 1. The summed E-state index contributed by atoms with van der Waals surface area (Å²) in [6, 6.07) is 7.19. The number of rotatable bonds is 9. The van der Waals surface area contributed by atoms with Gasteiger partial charge in [0.15, 0.2) is 0 Å². The number of carbonyl (C=O) groups excluding carboxylic acids is 1. The highest BCUT2D eigenvalue weighted by atomic mass is 32.1. The smallest absolute Gasteiger partial charge is 0.225 e. The topological polar surface area (TPSA) is 67.6 Å². The average Bonchev–Trinajstić information content (AvgIpc) is 2.46. The number of anilines is 1. The predicted octanol–water partition coefficient (Wildman–Crippen LogP) is 1.62. The summed E-state index contributed by atoms with van der Waals surface area (Å²) in [5, 5.41) is 2.85. The Labute approximate surface area is 131 Å². The van der Waals surface area contributed by atoms with Crippen LogP contribution in [-0.4, -0.2) is 49.1 Å². The summed E-state index contributed by atoms with van der Waals surface area (Å²) in [7, 11) is 1.98. The molecule has 6 heteroatoms. The second kappa shape index (κ2) is 9.44. The van der Waals surface area contributed by atoms with E-state index in [1.165, 1.54) is 0 Å². The van der Waals surface area contributed by atoms with E-state index in [4.69, 9.17) is 22.7 Å². The monoisotopic (exact) mass is 309 g/mol. The van der Waals surface area contributed by atoms with E-state index in [-0.39, 0.29) is 5.91 Å². The van der Waals surface area contributed by atoms with Crippen LogP contribution < -0.4 is 11.1 Å². The highest BCUT2D eigenvalue weighted by molar-refractivity contribution is 7.80. The van der Waals surface area contributed by atoms with Crippen molar-refractivity contribution >= 4 is 28.8 Å². The first kappa shape index (κ1) is 17.6. The maximum atomic E-state index is 11.8. The van der Waals surface area contributed by atoms with E-state index in [2.05, 4.69) is 10.2 Å². The lowest BCUT2D eigenvalue weighted by Gasteiger charge is -2.16. The Bertz CT molecular complexity index is 462. The number of hydrogen-bond donors (Lipinski definition) is 2. The molecule has 1 aromatic rings. The molecule has 1 amide bonds. The normalized spacial score (nSPS) is 10.6. The Morgan fingerprint density at radius 1 is 1.33 bits per heavy atom. The number of nitrogens with zero attached hydrogens (tertiary/aromatic N) is 1. The number of ether oxygens (including phenoxy) is 1. The lowest BCUT2D eigenvalue weighted by atomic mass is 10.2. The molecule has 1 rings (SSSR count). The molecule has 21 heavy (non-hydrogen) atoms. The summed E-state index contributed by atoms with van der Waals surface area (Å²) >= 11 is 4.88. The number of likely N-dealkylation sites (N-methyl/N-ethyl adjacent to an activating group) is 1. The molecule has 0 aromatic heterocycles. The van der Waals surface area contributed by atoms with Crippen LogP contribution in [0.5, 0.6) is 0 Å².